The van der Waals surface area contributed by atoms with Gasteiger partial charge in [0.15, 0.2) is 0 Å². The first-order chi connectivity index (χ1) is 15.6. The van der Waals surface area contributed by atoms with Gasteiger partial charge in [0.25, 0.3) is 0 Å². The van der Waals surface area contributed by atoms with E-state index in [1.165, 1.54) is 12.0 Å². The van der Waals surface area contributed by atoms with E-state index in [2.05, 4.69) is 34.2 Å². The lowest BCUT2D eigenvalue weighted by Gasteiger charge is -2.50. The van der Waals surface area contributed by atoms with Crippen molar-refractivity contribution in [2.45, 2.75) is 56.7 Å². The lowest BCUT2D eigenvalue weighted by Crippen LogP contribution is -2.61. The third-order valence-corrected chi connectivity index (χ3v) is 7.82. The highest BCUT2D eigenvalue weighted by Crippen LogP contribution is 2.38. The van der Waals surface area contributed by atoms with Crippen LogP contribution >= 0.6 is 11.6 Å². The fourth-order valence-corrected chi connectivity index (χ4v) is 5.74. The summed E-state index contributed by atoms with van der Waals surface area (Å²) >= 11 is 6.76. The molecule has 0 radical (unpaired) electrons. The van der Waals surface area contributed by atoms with E-state index in [0.717, 1.165) is 80.2 Å². The van der Waals surface area contributed by atoms with Crippen molar-refractivity contribution in [3.8, 4) is 5.69 Å². The van der Waals surface area contributed by atoms with E-state index in [0.29, 0.717) is 5.92 Å². The maximum absolute atomic E-state index is 6.76. The third kappa shape index (κ3) is 3.55. The monoisotopic (exact) mass is 455 g/mol. The molecule has 0 bridgehead atoms. The summed E-state index contributed by atoms with van der Waals surface area (Å²) in [6.45, 7) is 7.00. The molecule has 2 aromatic heterocycles. The number of aromatic nitrogens is 4. The molecular formula is C24H30ClN5O2. The Balaban J connectivity index is 1.26. The number of hydrogen-bond donors (Lipinski definition) is 0. The van der Waals surface area contributed by atoms with E-state index >= 15 is 0 Å². The molecule has 8 heteroatoms. The minimum atomic E-state index is 0.0254. The summed E-state index contributed by atoms with van der Waals surface area (Å²) in [5, 5.41) is 11.1. The van der Waals surface area contributed by atoms with Crippen molar-refractivity contribution in [3.05, 3.63) is 41.3 Å². The van der Waals surface area contributed by atoms with Gasteiger partial charge in [0.1, 0.15) is 11.9 Å². The predicted molar refractivity (Wildman–Crippen MR) is 123 cm³/mol. The van der Waals surface area contributed by atoms with Crippen molar-refractivity contribution < 1.29 is 9.47 Å². The SMILES string of the molecule is CC1(N2CCC(c3cc4c(cnn4-c4cnn(C5CCCCO5)c4)cc3Cl)CC2)COC1. The zero-order chi connectivity index (χ0) is 21.7. The topological polar surface area (TPSA) is 57.3 Å². The van der Waals surface area contributed by atoms with Crippen molar-refractivity contribution in [2.75, 3.05) is 32.9 Å². The van der Waals surface area contributed by atoms with Crippen molar-refractivity contribution in [3.63, 3.8) is 0 Å². The Morgan fingerprint density at radius 1 is 1.06 bits per heavy atom. The summed E-state index contributed by atoms with van der Waals surface area (Å²) in [7, 11) is 0. The maximum Gasteiger partial charge on any atom is 0.150 e. The smallest absolute Gasteiger partial charge is 0.150 e. The van der Waals surface area contributed by atoms with Crippen molar-refractivity contribution in [2.24, 2.45) is 0 Å². The standard InChI is InChI=1S/C24H30ClN5O2/c1-24(15-31-16-24)28-7-5-17(6-8-28)20-11-22-18(10-21(20)25)12-27-30(22)19-13-26-29(14-19)23-4-2-3-9-32-23/h10-14,17,23H,2-9,15-16H2,1H3. The summed E-state index contributed by atoms with van der Waals surface area (Å²) in [6.07, 6.45) is 11.4. The van der Waals surface area contributed by atoms with E-state index in [4.69, 9.17) is 21.1 Å². The van der Waals surface area contributed by atoms with Gasteiger partial charge in [-0.05, 0) is 75.7 Å². The molecule has 0 amide bonds. The molecule has 5 heterocycles. The van der Waals surface area contributed by atoms with Crippen LogP contribution < -0.4 is 0 Å². The second-order valence-electron chi connectivity index (χ2n) is 9.74. The number of rotatable bonds is 4. The predicted octanol–water partition coefficient (Wildman–Crippen LogP) is 4.54. The highest BCUT2D eigenvalue weighted by atomic mass is 35.5. The Kier molecular flexibility index (Phi) is 5.25. The molecule has 0 N–H and O–H groups in total. The van der Waals surface area contributed by atoms with E-state index in [1.54, 1.807) is 0 Å². The van der Waals surface area contributed by atoms with E-state index in [-0.39, 0.29) is 11.8 Å². The molecule has 3 fully saturated rings. The molecule has 7 nitrogen and oxygen atoms in total. The van der Waals surface area contributed by atoms with Crippen LogP contribution in [0.1, 0.15) is 56.7 Å². The number of piperidine rings is 1. The quantitative estimate of drug-likeness (QED) is 0.578. The Bertz CT molecular complexity index is 1110. The summed E-state index contributed by atoms with van der Waals surface area (Å²) in [5.74, 6) is 0.467. The number of nitrogens with zero attached hydrogens (tertiary/aromatic N) is 5. The molecule has 3 aromatic rings. The van der Waals surface area contributed by atoms with Crippen LogP contribution in [0.5, 0.6) is 0 Å². The molecule has 1 aromatic carbocycles. The number of benzene rings is 1. The lowest BCUT2D eigenvalue weighted by molar-refractivity contribution is -0.136. The fraction of sp³-hybridized carbons (Fsp3) is 0.583. The van der Waals surface area contributed by atoms with Gasteiger partial charge < -0.3 is 9.47 Å². The fourth-order valence-electron chi connectivity index (χ4n) is 5.42. The Labute approximate surface area is 193 Å². The average Bonchev–Trinajstić information content (AvgIpc) is 3.44. The minimum Gasteiger partial charge on any atom is -0.377 e. The van der Waals surface area contributed by atoms with Crippen molar-refractivity contribution in [1.29, 1.82) is 0 Å². The van der Waals surface area contributed by atoms with Gasteiger partial charge in [-0.1, -0.05) is 11.6 Å². The van der Waals surface area contributed by atoms with E-state index in [9.17, 15) is 0 Å². The normalized spacial score (nSPS) is 24.6. The molecule has 170 valence electrons. The minimum absolute atomic E-state index is 0.0254. The first-order valence-electron chi connectivity index (χ1n) is 11.8. The van der Waals surface area contributed by atoms with Crippen LogP contribution in [0, 0.1) is 0 Å². The van der Waals surface area contributed by atoms with Gasteiger partial charge in [-0.15, -0.1) is 0 Å². The average molecular weight is 456 g/mol. The number of ether oxygens (including phenoxy) is 2. The number of fused-ring (bicyclic) bond motifs is 1. The Morgan fingerprint density at radius 2 is 1.91 bits per heavy atom. The van der Waals surface area contributed by atoms with Crippen LogP contribution in [0.25, 0.3) is 16.6 Å². The number of likely N-dealkylation sites (tertiary alicyclic amines) is 1. The highest BCUT2D eigenvalue weighted by Gasteiger charge is 2.41. The first-order valence-corrected chi connectivity index (χ1v) is 12.1. The molecule has 6 rings (SSSR count). The molecule has 0 saturated carbocycles. The molecule has 3 aliphatic rings. The first kappa shape index (κ1) is 20.7. The zero-order valence-corrected chi connectivity index (χ0v) is 19.3. The largest absolute Gasteiger partial charge is 0.377 e. The van der Waals surface area contributed by atoms with Crippen LogP contribution in [0.4, 0.5) is 0 Å². The summed E-state index contributed by atoms with van der Waals surface area (Å²) in [4.78, 5) is 2.59. The van der Waals surface area contributed by atoms with Crippen LogP contribution in [0.3, 0.4) is 0 Å². The maximum atomic E-state index is 6.76. The Morgan fingerprint density at radius 3 is 2.62 bits per heavy atom. The summed E-state index contributed by atoms with van der Waals surface area (Å²) in [5.41, 5.74) is 3.49. The summed E-state index contributed by atoms with van der Waals surface area (Å²) in [6, 6.07) is 4.31. The van der Waals surface area contributed by atoms with Crippen molar-refractivity contribution in [1.82, 2.24) is 24.5 Å². The van der Waals surface area contributed by atoms with Gasteiger partial charge in [0, 0.05) is 17.0 Å². The van der Waals surface area contributed by atoms with Gasteiger partial charge in [-0.25, -0.2) is 9.36 Å². The molecule has 1 unspecified atom stereocenters. The molecule has 3 aliphatic heterocycles. The summed E-state index contributed by atoms with van der Waals surface area (Å²) < 4.78 is 15.3. The highest BCUT2D eigenvalue weighted by molar-refractivity contribution is 6.32. The number of halogens is 1. The lowest BCUT2D eigenvalue weighted by atomic mass is 9.86. The second-order valence-corrected chi connectivity index (χ2v) is 10.1. The van der Waals surface area contributed by atoms with E-state index < -0.39 is 0 Å². The van der Waals surface area contributed by atoms with Gasteiger partial charge in [0.05, 0.1) is 42.9 Å². The molecule has 0 aliphatic carbocycles. The van der Waals surface area contributed by atoms with Crippen LogP contribution in [0.2, 0.25) is 5.02 Å². The van der Waals surface area contributed by atoms with Gasteiger partial charge >= 0.3 is 0 Å². The van der Waals surface area contributed by atoms with Gasteiger partial charge in [-0.2, -0.15) is 10.2 Å². The van der Waals surface area contributed by atoms with Crippen LogP contribution in [0.15, 0.2) is 30.7 Å². The molecule has 1 atom stereocenters. The van der Waals surface area contributed by atoms with Gasteiger partial charge in [-0.3, -0.25) is 4.90 Å². The Hall–Kier alpha value is -1.93. The van der Waals surface area contributed by atoms with E-state index in [1.807, 2.05) is 28.0 Å². The number of hydrogen-bond acceptors (Lipinski definition) is 5. The molecule has 0 spiro atoms. The van der Waals surface area contributed by atoms with Crippen LogP contribution in [-0.4, -0.2) is 62.9 Å². The zero-order valence-electron chi connectivity index (χ0n) is 18.5. The molecule has 3 saturated heterocycles. The third-order valence-electron chi connectivity index (χ3n) is 7.49. The van der Waals surface area contributed by atoms with Crippen molar-refractivity contribution >= 4 is 22.5 Å². The van der Waals surface area contributed by atoms with Gasteiger partial charge in [0.2, 0.25) is 0 Å². The molecular weight excluding hydrogens is 426 g/mol. The van der Waals surface area contributed by atoms with Crippen LogP contribution in [-0.2, 0) is 9.47 Å². The molecule has 32 heavy (non-hydrogen) atoms. The second kappa shape index (κ2) is 8.13.